The molecule has 108 valence electrons. The third-order valence-electron chi connectivity index (χ3n) is 2.77. The topological polar surface area (TPSA) is 30.3 Å². The maximum Gasteiger partial charge on any atom is 0.180 e. The molecule has 0 radical (unpaired) electrons. The zero-order valence-corrected chi connectivity index (χ0v) is 13.6. The highest BCUT2D eigenvalue weighted by molar-refractivity contribution is 7.73. The molecule has 2 aromatic rings. The molecule has 0 aliphatic heterocycles. The van der Waals surface area contributed by atoms with Crippen molar-refractivity contribution in [3.05, 3.63) is 38.8 Å². The zero-order chi connectivity index (χ0) is 14.5. The first-order chi connectivity index (χ1) is 9.58. The SMILES string of the molecule is CCOc1ccc(CN(C)Cn2nc(C)sc2=S)cc1. The predicted molar refractivity (Wildman–Crippen MR) is 84.8 cm³/mol. The summed E-state index contributed by atoms with van der Waals surface area (Å²) < 4.78 is 8.13. The largest absolute Gasteiger partial charge is 0.494 e. The Morgan fingerprint density at radius 1 is 1.35 bits per heavy atom. The summed E-state index contributed by atoms with van der Waals surface area (Å²) in [6.45, 7) is 6.21. The highest BCUT2D eigenvalue weighted by Crippen LogP contribution is 2.14. The van der Waals surface area contributed by atoms with Crippen LogP contribution in [0.4, 0.5) is 0 Å². The summed E-state index contributed by atoms with van der Waals surface area (Å²) in [7, 11) is 2.06. The van der Waals surface area contributed by atoms with E-state index in [-0.39, 0.29) is 0 Å². The number of hydrogen-bond donors (Lipinski definition) is 0. The Balaban J connectivity index is 1.95. The van der Waals surface area contributed by atoms with E-state index in [9.17, 15) is 0 Å². The van der Waals surface area contributed by atoms with Crippen molar-refractivity contribution in [2.24, 2.45) is 0 Å². The van der Waals surface area contributed by atoms with E-state index >= 15 is 0 Å². The summed E-state index contributed by atoms with van der Waals surface area (Å²) in [5.74, 6) is 0.913. The Kier molecular flexibility index (Phi) is 5.28. The highest BCUT2D eigenvalue weighted by Gasteiger charge is 2.05. The molecule has 20 heavy (non-hydrogen) atoms. The minimum absolute atomic E-state index is 0.695. The summed E-state index contributed by atoms with van der Waals surface area (Å²) in [6, 6.07) is 8.19. The lowest BCUT2D eigenvalue weighted by molar-refractivity contribution is 0.244. The number of hydrogen-bond acceptors (Lipinski definition) is 5. The minimum atomic E-state index is 0.695. The molecule has 0 N–H and O–H groups in total. The molecule has 0 amide bonds. The van der Waals surface area contributed by atoms with Crippen LogP contribution in [0.25, 0.3) is 0 Å². The average molecular weight is 309 g/mol. The third-order valence-corrected chi connectivity index (χ3v) is 3.99. The van der Waals surface area contributed by atoms with Crippen LogP contribution >= 0.6 is 23.6 Å². The summed E-state index contributed by atoms with van der Waals surface area (Å²) in [6.07, 6.45) is 0. The van der Waals surface area contributed by atoms with Crippen molar-refractivity contribution in [3.63, 3.8) is 0 Å². The van der Waals surface area contributed by atoms with E-state index in [0.717, 1.165) is 21.3 Å². The first kappa shape index (κ1) is 15.2. The van der Waals surface area contributed by atoms with Crippen LogP contribution < -0.4 is 4.74 Å². The van der Waals surface area contributed by atoms with Gasteiger partial charge in [0.05, 0.1) is 13.3 Å². The number of aryl methyl sites for hydroxylation is 1. The van der Waals surface area contributed by atoms with Gasteiger partial charge in [-0.3, -0.25) is 4.90 Å². The molecular formula is C14H19N3OS2. The Hall–Kier alpha value is -1.24. The molecule has 1 aromatic heterocycles. The summed E-state index contributed by atoms with van der Waals surface area (Å²) in [5, 5.41) is 5.40. The molecule has 0 unspecified atom stereocenters. The molecule has 0 spiro atoms. The first-order valence-corrected chi connectivity index (χ1v) is 7.76. The van der Waals surface area contributed by atoms with Gasteiger partial charge in [-0.05, 0) is 50.8 Å². The highest BCUT2D eigenvalue weighted by atomic mass is 32.1. The summed E-state index contributed by atoms with van der Waals surface area (Å²) in [4.78, 5) is 2.19. The van der Waals surface area contributed by atoms with E-state index in [4.69, 9.17) is 17.0 Å². The maximum absolute atomic E-state index is 5.44. The van der Waals surface area contributed by atoms with E-state index in [1.54, 1.807) is 11.3 Å². The number of benzene rings is 1. The van der Waals surface area contributed by atoms with Gasteiger partial charge in [-0.15, -0.1) is 0 Å². The van der Waals surface area contributed by atoms with Crippen LogP contribution in [-0.4, -0.2) is 28.3 Å². The number of nitrogens with zero attached hydrogens (tertiary/aromatic N) is 3. The van der Waals surface area contributed by atoms with Gasteiger partial charge in [-0.2, -0.15) is 5.10 Å². The Bertz CT molecular complexity index is 604. The van der Waals surface area contributed by atoms with Crippen LogP contribution in [0.5, 0.6) is 5.75 Å². The minimum Gasteiger partial charge on any atom is -0.494 e. The molecule has 0 bridgehead atoms. The van der Waals surface area contributed by atoms with E-state index < -0.39 is 0 Å². The Labute approximate surface area is 128 Å². The van der Waals surface area contributed by atoms with Gasteiger partial charge in [0, 0.05) is 6.54 Å². The van der Waals surface area contributed by atoms with E-state index in [1.807, 2.05) is 30.7 Å². The molecule has 4 nitrogen and oxygen atoms in total. The van der Waals surface area contributed by atoms with Crippen LogP contribution in [0.15, 0.2) is 24.3 Å². The lowest BCUT2D eigenvalue weighted by Gasteiger charge is -2.16. The molecule has 0 saturated heterocycles. The number of ether oxygens (including phenoxy) is 1. The smallest absolute Gasteiger partial charge is 0.180 e. The van der Waals surface area contributed by atoms with Crippen molar-refractivity contribution >= 4 is 23.6 Å². The van der Waals surface area contributed by atoms with Crippen LogP contribution in [0.1, 0.15) is 17.5 Å². The molecule has 0 aliphatic rings. The van der Waals surface area contributed by atoms with Crippen molar-refractivity contribution in [3.8, 4) is 5.75 Å². The molecule has 0 atom stereocenters. The van der Waals surface area contributed by atoms with E-state index in [0.29, 0.717) is 13.3 Å². The lowest BCUT2D eigenvalue weighted by atomic mass is 10.2. The summed E-state index contributed by atoms with van der Waals surface area (Å²) in [5.41, 5.74) is 1.24. The fraction of sp³-hybridized carbons (Fsp3) is 0.429. The average Bonchev–Trinajstić information content (AvgIpc) is 2.70. The van der Waals surface area contributed by atoms with E-state index in [2.05, 4.69) is 29.2 Å². The second kappa shape index (κ2) is 6.97. The second-order valence-corrected chi connectivity index (χ2v) is 6.45. The fourth-order valence-electron chi connectivity index (χ4n) is 1.95. The van der Waals surface area contributed by atoms with Crippen molar-refractivity contribution in [1.82, 2.24) is 14.7 Å². The molecule has 0 saturated carbocycles. The van der Waals surface area contributed by atoms with Gasteiger partial charge in [-0.25, -0.2) is 4.68 Å². The standard InChI is InChI=1S/C14H19N3OS2/c1-4-18-13-7-5-12(6-8-13)9-16(3)10-17-14(19)20-11(2)15-17/h5-8H,4,9-10H2,1-3H3. The lowest BCUT2D eigenvalue weighted by Crippen LogP contribution is -2.22. The maximum atomic E-state index is 5.44. The van der Waals surface area contributed by atoms with Gasteiger partial charge < -0.3 is 4.74 Å². The molecule has 1 heterocycles. The predicted octanol–water partition coefficient (Wildman–Crippen LogP) is 3.47. The van der Waals surface area contributed by atoms with Crippen LogP contribution in [0.3, 0.4) is 0 Å². The van der Waals surface area contributed by atoms with Crippen molar-refractivity contribution in [2.75, 3.05) is 13.7 Å². The molecular weight excluding hydrogens is 290 g/mol. The van der Waals surface area contributed by atoms with E-state index in [1.165, 1.54) is 5.56 Å². The molecule has 1 aromatic carbocycles. The summed E-state index contributed by atoms with van der Waals surface area (Å²) >= 11 is 6.83. The Morgan fingerprint density at radius 2 is 2.05 bits per heavy atom. The third kappa shape index (κ3) is 4.13. The van der Waals surface area contributed by atoms with Gasteiger partial charge in [-0.1, -0.05) is 23.5 Å². The second-order valence-electron chi connectivity index (χ2n) is 4.62. The van der Waals surface area contributed by atoms with Gasteiger partial charge >= 0.3 is 0 Å². The van der Waals surface area contributed by atoms with Crippen LogP contribution in [-0.2, 0) is 13.2 Å². The van der Waals surface area contributed by atoms with Gasteiger partial charge in [0.1, 0.15) is 10.8 Å². The Morgan fingerprint density at radius 3 is 2.60 bits per heavy atom. The normalized spacial score (nSPS) is 11.0. The molecule has 0 aliphatic carbocycles. The number of aromatic nitrogens is 2. The monoisotopic (exact) mass is 309 g/mol. The molecule has 2 rings (SSSR count). The molecule has 0 fully saturated rings. The first-order valence-electron chi connectivity index (χ1n) is 6.53. The van der Waals surface area contributed by atoms with Crippen molar-refractivity contribution < 1.29 is 4.74 Å². The van der Waals surface area contributed by atoms with Gasteiger partial charge in [0.15, 0.2) is 3.95 Å². The number of rotatable bonds is 6. The van der Waals surface area contributed by atoms with Crippen molar-refractivity contribution in [2.45, 2.75) is 27.1 Å². The molecule has 6 heteroatoms. The van der Waals surface area contributed by atoms with Crippen molar-refractivity contribution in [1.29, 1.82) is 0 Å². The fourth-order valence-corrected chi connectivity index (χ4v) is 3.00. The zero-order valence-electron chi connectivity index (χ0n) is 12.0. The van der Waals surface area contributed by atoms with Crippen LogP contribution in [0.2, 0.25) is 0 Å². The van der Waals surface area contributed by atoms with Crippen LogP contribution in [0, 0.1) is 10.9 Å². The van der Waals surface area contributed by atoms with Gasteiger partial charge in [0.2, 0.25) is 0 Å². The van der Waals surface area contributed by atoms with Gasteiger partial charge in [0.25, 0.3) is 0 Å². The quantitative estimate of drug-likeness (QED) is 0.764.